The van der Waals surface area contributed by atoms with Crippen molar-refractivity contribution in [3.63, 3.8) is 0 Å². The van der Waals surface area contributed by atoms with Crippen LogP contribution < -0.4 is 4.72 Å². The number of nitrogens with zero attached hydrogens (tertiary/aromatic N) is 3. The fraction of sp³-hybridized carbons (Fsp3) is 0.652. The zero-order chi connectivity index (χ0) is 23.3. The average Bonchev–Trinajstić information content (AvgIpc) is 3.28. The van der Waals surface area contributed by atoms with Crippen molar-refractivity contribution in [1.82, 2.24) is 19.4 Å². The maximum Gasteiger partial charge on any atom is 0.241 e. The number of carbonyl (C=O) groups excluding carboxylic acids is 2. The zero-order valence-electron chi connectivity index (χ0n) is 19.4. The van der Waals surface area contributed by atoms with E-state index in [9.17, 15) is 18.0 Å². The van der Waals surface area contributed by atoms with Gasteiger partial charge in [-0.05, 0) is 44.2 Å². The summed E-state index contributed by atoms with van der Waals surface area (Å²) in [7, 11) is -3.80. The summed E-state index contributed by atoms with van der Waals surface area (Å²) in [4.78, 5) is 31.5. The second kappa shape index (κ2) is 10.8. The van der Waals surface area contributed by atoms with Crippen LogP contribution in [-0.2, 0) is 19.6 Å². The van der Waals surface area contributed by atoms with Gasteiger partial charge in [0, 0.05) is 39.3 Å². The maximum atomic E-state index is 13.2. The molecule has 2 aliphatic heterocycles. The number of aryl methyl sites for hydroxylation is 1. The van der Waals surface area contributed by atoms with Crippen LogP contribution in [0.15, 0.2) is 29.2 Å². The summed E-state index contributed by atoms with van der Waals surface area (Å²) in [6.45, 7) is 10.1. The van der Waals surface area contributed by atoms with Crippen LogP contribution in [0.1, 0.15) is 38.7 Å². The number of carbonyl (C=O) groups is 2. The molecule has 0 radical (unpaired) electrons. The van der Waals surface area contributed by atoms with Gasteiger partial charge >= 0.3 is 0 Å². The largest absolute Gasteiger partial charge is 0.342 e. The number of nitrogens with one attached hydrogen (secondary N) is 1. The Balaban J connectivity index is 1.59. The van der Waals surface area contributed by atoms with Crippen LogP contribution in [0.5, 0.6) is 0 Å². The molecule has 0 aliphatic carbocycles. The Kier molecular flexibility index (Phi) is 8.30. The molecule has 178 valence electrons. The van der Waals surface area contributed by atoms with Crippen LogP contribution in [0.25, 0.3) is 0 Å². The number of hydrogen-bond donors (Lipinski definition) is 1. The van der Waals surface area contributed by atoms with Gasteiger partial charge in [-0.25, -0.2) is 8.42 Å². The third-order valence-corrected chi connectivity index (χ3v) is 7.62. The molecule has 2 fully saturated rings. The molecule has 0 saturated carbocycles. The Morgan fingerprint density at radius 3 is 2.09 bits per heavy atom. The molecule has 9 heteroatoms. The van der Waals surface area contributed by atoms with Gasteiger partial charge in [-0.1, -0.05) is 31.5 Å². The molecule has 1 N–H and O–H groups in total. The van der Waals surface area contributed by atoms with E-state index in [1.165, 1.54) is 0 Å². The fourth-order valence-electron chi connectivity index (χ4n) is 4.25. The van der Waals surface area contributed by atoms with Crippen LogP contribution in [0.3, 0.4) is 0 Å². The monoisotopic (exact) mass is 464 g/mol. The predicted octanol–water partition coefficient (Wildman–Crippen LogP) is 1.45. The molecule has 0 bridgehead atoms. The second-order valence-electron chi connectivity index (χ2n) is 9.31. The minimum Gasteiger partial charge on any atom is -0.342 e. The number of amides is 2. The highest BCUT2D eigenvalue weighted by Gasteiger charge is 2.32. The Morgan fingerprint density at radius 1 is 0.938 bits per heavy atom. The molecule has 0 spiro atoms. The van der Waals surface area contributed by atoms with Crippen LogP contribution >= 0.6 is 0 Å². The SMILES string of the molecule is Cc1ccc(S(=O)(=O)NC(CC(C)C)C(=O)N2CCN(CC(=O)N3CCCC3)CC2)cc1. The molecular weight excluding hydrogens is 428 g/mol. The van der Waals surface area contributed by atoms with Gasteiger partial charge in [-0.15, -0.1) is 0 Å². The van der Waals surface area contributed by atoms with E-state index in [4.69, 9.17) is 0 Å². The molecule has 8 nitrogen and oxygen atoms in total. The van der Waals surface area contributed by atoms with Crippen molar-refractivity contribution in [1.29, 1.82) is 0 Å². The smallest absolute Gasteiger partial charge is 0.241 e. The number of likely N-dealkylation sites (tertiary alicyclic amines) is 1. The molecule has 1 atom stereocenters. The molecule has 2 aliphatic rings. The number of piperazine rings is 1. The van der Waals surface area contributed by atoms with Gasteiger partial charge < -0.3 is 9.80 Å². The Morgan fingerprint density at radius 2 is 1.53 bits per heavy atom. The van der Waals surface area contributed by atoms with Crippen molar-refractivity contribution in [2.75, 3.05) is 45.8 Å². The number of benzene rings is 1. The van der Waals surface area contributed by atoms with Crippen molar-refractivity contribution < 1.29 is 18.0 Å². The molecule has 1 aromatic carbocycles. The lowest BCUT2D eigenvalue weighted by atomic mass is 10.0. The van der Waals surface area contributed by atoms with Crippen LogP contribution in [0.2, 0.25) is 0 Å². The molecule has 3 rings (SSSR count). The first-order chi connectivity index (χ1) is 15.2. The highest BCUT2D eigenvalue weighted by atomic mass is 32.2. The van der Waals surface area contributed by atoms with E-state index >= 15 is 0 Å². The lowest BCUT2D eigenvalue weighted by Gasteiger charge is -2.37. The molecule has 0 aromatic heterocycles. The number of hydrogen-bond acceptors (Lipinski definition) is 5. The first-order valence-corrected chi connectivity index (χ1v) is 13.0. The average molecular weight is 465 g/mol. The molecule has 1 aromatic rings. The minimum absolute atomic E-state index is 0.157. The van der Waals surface area contributed by atoms with E-state index in [-0.39, 0.29) is 22.6 Å². The van der Waals surface area contributed by atoms with Gasteiger partial charge in [-0.2, -0.15) is 4.72 Å². The van der Waals surface area contributed by atoms with Crippen molar-refractivity contribution in [2.24, 2.45) is 5.92 Å². The van der Waals surface area contributed by atoms with Crippen LogP contribution in [0, 0.1) is 12.8 Å². The molecule has 2 heterocycles. The fourth-order valence-corrected chi connectivity index (χ4v) is 5.45. The van der Waals surface area contributed by atoms with E-state index in [0.29, 0.717) is 39.1 Å². The van der Waals surface area contributed by atoms with Crippen molar-refractivity contribution in [2.45, 2.75) is 51.0 Å². The number of sulfonamides is 1. The molecular formula is C23H36N4O4S. The first-order valence-electron chi connectivity index (χ1n) is 11.5. The van der Waals surface area contributed by atoms with Crippen LogP contribution in [0.4, 0.5) is 0 Å². The molecule has 2 amide bonds. The lowest BCUT2D eigenvalue weighted by Crippen LogP contribution is -2.56. The summed E-state index contributed by atoms with van der Waals surface area (Å²) in [5.74, 6) is 0.120. The van der Waals surface area contributed by atoms with E-state index in [2.05, 4.69) is 9.62 Å². The quantitative estimate of drug-likeness (QED) is 0.629. The zero-order valence-corrected chi connectivity index (χ0v) is 20.2. The third kappa shape index (κ3) is 6.52. The van der Waals surface area contributed by atoms with E-state index in [1.54, 1.807) is 29.2 Å². The van der Waals surface area contributed by atoms with Gasteiger partial charge in [0.2, 0.25) is 21.8 Å². The second-order valence-corrected chi connectivity index (χ2v) is 11.0. The molecule has 2 saturated heterocycles. The van der Waals surface area contributed by atoms with Crippen molar-refractivity contribution >= 4 is 21.8 Å². The highest BCUT2D eigenvalue weighted by molar-refractivity contribution is 7.89. The first kappa shape index (κ1) is 24.7. The lowest BCUT2D eigenvalue weighted by molar-refractivity contribution is -0.136. The molecule has 32 heavy (non-hydrogen) atoms. The third-order valence-electron chi connectivity index (χ3n) is 6.14. The maximum absolute atomic E-state index is 13.2. The van der Waals surface area contributed by atoms with Gasteiger partial charge in [0.1, 0.15) is 6.04 Å². The Labute approximate surface area is 192 Å². The standard InChI is InChI=1S/C23H36N4O4S/c1-18(2)16-21(24-32(30,31)20-8-6-19(3)7-9-20)23(29)27-14-12-25(13-15-27)17-22(28)26-10-4-5-11-26/h6-9,18,21,24H,4-5,10-17H2,1-3H3. The number of rotatable bonds is 8. The van der Waals surface area contributed by atoms with Crippen molar-refractivity contribution in [3.05, 3.63) is 29.8 Å². The Hall–Kier alpha value is -1.97. The molecule has 1 unspecified atom stereocenters. The Bertz CT molecular complexity index is 887. The van der Waals surface area contributed by atoms with Gasteiger partial charge in [0.05, 0.1) is 11.4 Å². The van der Waals surface area contributed by atoms with Crippen LogP contribution in [-0.4, -0.2) is 86.8 Å². The topological polar surface area (TPSA) is 90.0 Å². The van der Waals surface area contributed by atoms with Gasteiger partial charge in [0.15, 0.2) is 0 Å². The predicted molar refractivity (Wildman–Crippen MR) is 124 cm³/mol. The minimum atomic E-state index is -3.80. The van der Waals surface area contributed by atoms with Crippen molar-refractivity contribution in [3.8, 4) is 0 Å². The summed E-state index contributed by atoms with van der Waals surface area (Å²) in [6.07, 6.45) is 2.57. The summed E-state index contributed by atoms with van der Waals surface area (Å²) >= 11 is 0. The van der Waals surface area contributed by atoms with E-state index in [0.717, 1.165) is 31.5 Å². The summed E-state index contributed by atoms with van der Waals surface area (Å²) in [6, 6.07) is 5.81. The summed E-state index contributed by atoms with van der Waals surface area (Å²) < 4.78 is 28.4. The normalized spacial score (nSPS) is 18.9. The summed E-state index contributed by atoms with van der Waals surface area (Å²) in [5.41, 5.74) is 0.972. The van der Waals surface area contributed by atoms with Gasteiger partial charge in [-0.3, -0.25) is 14.5 Å². The van der Waals surface area contributed by atoms with Gasteiger partial charge in [0.25, 0.3) is 0 Å². The van der Waals surface area contributed by atoms with E-state index < -0.39 is 16.1 Å². The van der Waals surface area contributed by atoms with E-state index in [1.807, 2.05) is 25.7 Å². The summed E-state index contributed by atoms with van der Waals surface area (Å²) in [5, 5.41) is 0. The highest BCUT2D eigenvalue weighted by Crippen LogP contribution is 2.16.